The molecule has 2 aliphatic rings. The molecule has 1 aromatic carbocycles. The molecule has 2 N–H and O–H groups in total. The Morgan fingerprint density at radius 1 is 1.07 bits per heavy atom. The minimum absolute atomic E-state index is 0.345. The first kappa shape index (κ1) is 27.7. The minimum Gasteiger partial charge on any atom is -0.347 e. The number of nitrogens with zero attached hydrogens (tertiary/aromatic N) is 7. The van der Waals surface area contributed by atoms with Crippen LogP contribution in [-0.2, 0) is 11.3 Å². The van der Waals surface area contributed by atoms with Crippen molar-refractivity contribution in [2.45, 2.75) is 19.4 Å². The third kappa shape index (κ3) is 6.24. The Bertz CT molecular complexity index is 1650. The number of carbonyl (C=O) groups is 2. The van der Waals surface area contributed by atoms with Crippen LogP contribution in [0.5, 0.6) is 0 Å². The largest absolute Gasteiger partial charge is 0.347 e. The van der Waals surface area contributed by atoms with Crippen LogP contribution in [0.4, 0.5) is 16.7 Å². The molecule has 0 atom stereocenters. The monoisotopic (exact) mass is 581 g/mol. The number of pyridine rings is 1. The Morgan fingerprint density at radius 3 is 2.60 bits per heavy atom. The van der Waals surface area contributed by atoms with E-state index in [1.807, 2.05) is 43.5 Å². The number of anilines is 2. The Labute approximate surface area is 247 Å². The summed E-state index contributed by atoms with van der Waals surface area (Å²) in [4.78, 5) is 50.7. The highest BCUT2D eigenvalue weighted by atomic mass is 32.2. The highest BCUT2D eigenvalue weighted by molar-refractivity contribution is 8.18. The number of hydrogen-bond donors (Lipinski definition) is 2. The predicted molar refractivity (Wildman–Crippen MR) is 165 cm³/mol. The van der Waals surface area contributed by atoms with Crippen LogP contribution in [-0.4, -0.2) is 69.8 Å². The molecule has 6 rings (SSSR count). The summed E-state index contributed by atoms with van der Waals surface area (Å²) in [6.45, 7) is 3.25. The van der Waals surface area contributed by atoms with E-state index in [-0.39, 0.29) is 11.1 Å². The van der Waals surface area contributed by atoms with E-state index in [0.717, 1.165) is 72.0 Å². The first-order chi connectivity index (χ1) is 20.4. The molecule has 0 bridgehead atoms. The Hall–Kier alpha value is -4.42. The molecule has 0 saturated carbocycles. The van der Waals surface area contributed by atoms with Gasteiger partial charge in [0.2, 0.25) is 11.9 Å². The van der Waals surface area contributed by atoms with Gasteiger partial charge in [-0.2, -0.15) is 0 Å². The topological polar surface area (TPSA) is 129 Å². The number of aromatic nitrogens is 5. The maximum absolute atomic E-state index is 11.9. The van der Waals surface area contributed by atoms with Gasteiger partial charge >= 0.3 is 0 Å². The number of thioether (sulfide) groups is 1. The van der Waals surface area contributed by atoms with Crippen LogP contribution in [0.3, 0.4) is 0 Å². The lowest BCUT2D eigenvalue weighted by molar-refractivity contribution is -0.115. The number of hydrogen-bond acceptors (Lipinski definition) is 11. The van der Waals surface area contributed by atoms with E-state index < -0.39 is 0 Å². The molecular weight excluding hydrogens is 550 g/mol. The number of carbonyl (C=O) groups excluding carboxylic acids is 2. The highest BCUT2D eigenvalue weighted by Gasteiger charge is 2.26. The standard InChI is InChI=1S/C30H31N9O2S/c1-38(2)28-33-16-21(17-34-28)24-13-20-5-3-4-6-23(20)25(36-24)18-31-15-19-8-11-39(12-9-19)29-32-10-7-22(35-29)14-26-27(40)37-30(41)42-26/h3-7,10,13-14,16-17,19,31H,8-9,11-12,15,18H2,1-2H3,(H,37,40,41)/b26-14+. The molecule has 12 heteroatoms. The minimum atomic E-state index is -0.388. The van der Waals surface area contributed by atoms with Crippen LogP contribution in [0.15, 0.2) is 59.9 Å². The van der Waals surface area contributed by atoms with Crippen LogP contribution in [0, 0.1) is 5.92 Å². The second-order valence-electron chi connectivity index (χ2n) is 10.5. The molecular formula is C30H31N9O2S. The lowest BCUT2D eigenvalue weighted by atomic mass is 9.97. The van der Waals surface area contributed by atoms with Crippen LogP contribution in [0.1, 0.15) is 24.2 Å². The molecule has 0 unspecified atom stereocenters. The molecule has 5 heterocycles. The zero-order chi connectivity index (χ0) is 29.1. The number of imide groups is 1. The summed E-state index contributed by atoms with van der Waals surface area (Å²) in [5, 5.41) is 7.83. The second-order valence-corrected chi connectivity index (χ2v) is 11.6. The molecule has 2 saturated heterocycles. The van der Waals surface area contributed by atoms with Gasteiger partial charge in [-0.3, -0.25) is 19.9 Å². The fourth-order valence-electron chi connectivity index (χ4n) is 5.12. The predicted octanol–water partition coefficient (Wildman–Crippen LogP) is 3.88. The lowest BCUT2D eigenvalue weighted by Crippen LogP contribution is -2.38. The summed E-state index contributed by atoms with van der Waals surface area (Å²) in [5.74, 6) is 1.44. The first-order valence-corrected chi connectivity index (χ1v) is 14.7. The smallest absolute Gasteiger partial charge is 0.290 e. The van der Waals surface area contributed by atoms with Crippen molar-refractivity contribution in [2.75, 3.05) is 43.5 Å². The van der Waals surface area contributed by atoms with Gasteiger partial charge in [0.15, 0.2) is 0 Å². The van der Waals surface area contributed by atoms with E-state index in [9.17, 15) is 9.59 Å². The van der Waals surface area contributed by atoms with Crippen molar-refractivity contribution < 1.29 is 9.59 Å². The van der Waals surface area contributed by atoms with Crippen molar-refractivity contribution in [3.05, 3.63) is 71.3 Å². The maximum atomic E-state index is 11.9. The fraction of sp³-hybridized carbons (Fsp3) is 0.300. The molecule has 2 aliphatic heterocycles. The van der Waals surface area contributed by atoms with E-state index in [4.69, 9.17) is 4.98 Å². The lowest BCUT2D eigenvalue weighted by Gasteiger charge is -2.32. The number of nitrogens with one attached hydrogen (secondary N) is 2. The van der Waals surface area contributed by atoms with Gasteiger partial charge in [-0.1, -0.05) is 24.3 Å². The summed E-state index contributed by atoms with van der Waals surface area (Å²) in [6, 6.07) is 12.2. The van der Waals surface area contributed by atoms with Crippen molar-refractivity contribution in [1.29, 1.82) is 0 Å². The average Bonchev–Trinajstić information content (AvgIpc) is 3.33. The molecule has 2 fully saturated rings. The molecule has 214 valence electrons. The summed E-state index contributed by atoms with van der Waals surface area (Å²) in [6.07, 6.45) is 9.00. The highest BCUT2D eigenvalue weighted by Crippen LogP contribution is 2.27. The number of amides is 2. The zero-order valence-corrected chi connectivity index (χ0v) is 24.3. The molecule has 4 aromatic rings. The first-order valence-electron chi connectivity index (χ1n) is 13.8. The SMILES string of the molecule is CN(C)c1ncc(-c2cc3ccccc3c(CNCC3CCN(c4nccc(/C=C5/SC(=O)NC5=O)n4)CC3)n2)cn1. The molecule has 42 heavy (non-hydrogen) atoms. The van der Waals surface area contributed by atoms with Crippen molar-refractivity contribution in [3.8, 4) is 11.3 Å². The van der Waals surface area contributed by atoms with Gasteiger partial charge < -0.3 is 15.1 Å². The molecule has 0 spiro atoms. The van der Waals surface area contributed by atoms with Gasteiger partial charge in [-0.25, -0.2) is 19.9 Å². The van der Waals surface area contributed by atoms with E-state index in [2.05, 4.69) is 53.7 Å². The molecule has 3 aromatic heterocycles. The summed E-state index contributed by atoms with van der Waals surface area (Å²) in [5.41, 5.74) is 3.37. The van der Waals surface area contributed by atoms with E-state index >= 15 is 0 Å². The average molecular weight is 582 g/mol. The third-order valence-corrected chi connectivity index (χ3v) is 8.17. The van der Waals surface area contributed by atoms with E-state index in [0.29, 0.717) is 35.0 Å². The van der Waals surface area contributed by atoms with Crippen molar-refractivity contribution in [2.24, 2.45) is 5.92 Å². The fourth-order valence-corrected chi connectivity index (χ4v) is 5.79. The van der Waals surface area contributed by atoms with Crippen molar-refractivity contribution >= 4 is 51.7 Å². The van der Waals surface area contributed by atoms with Gasteiger partial charge in [0.25, 0.3) is 11.1 Å². The zero-order valence-electron chi connectivity index (χ0n) is 23.4. The number of piperidine rings is 1. The van der Waals surface area contributed by atoms with Gasteiger partial charge in [-0.05, 0) is 60.7 Å². The normalized spacial score (nSPS) is 16.8. The van der Waals surface area contributed by atoms with Crippen molar-refractivity contribution in [3.63, 3.8) is 0 Å². The van der Waals surface area contributed by atoms with Crippen LogP contribution in [0.2, 0.25) is 0 Å². The molecule has 11 nitrogen and oxygen atoms in total. The molecule has 2 amide bonds. The molecule has 0 radical (unpaired) electrons. The van der Waals surface area contributed by atoms with Crippen molar-refractivity contribution in [1.82, 2.24) is 35.6 Å². The molecule has 0 aliphatic carbocycles. The Morgan fingerprint density at radius 2 is 1.86 bits per heavy atom. The Balaban J connectivity index is 1.07. The summed E-state index contributed by atoms with van der Waals surface area (Å²) >= 11 is 0.886. The number of rotatable bonds is 8. The third-order valence-electron chi connectivity index (χ3n) is 7.36. The Kier molecular flexibility index (Phi) is 8.06. The quantitative estimate of drug-likeness (QED) is 0.294. The number of benzene rings is 1. The van der Waals surface area contributed by atoms with Gasteiger partial charge in [0.1, 0.15) is 0 Å². The summed E-state index contributed by atoms with van der Waals surface area (Å²) < 4.78 is 0. The maximum Gasteiger partial charge on any atom is 0.290 e. The van der Waals surface area contributed by atoms with Crippen LogP contribution in [0.25, 0.3) is 28.1 Å². The van der Waals surface area contributed by atoms with E-state index in [1.54, 1.807) is 18.3 Å². The van der Waals surface area contributed by atoms with Gasteiger partial charge in [0.05, 0.1) is 22.0 Å². The van der Waals surface area contributed by atoms with Gasteiger partial charge in [0, 0.05) is 63.3 Å². The van der Waals surface area contributed by atoms with Crippen LogP contribution < -0.4 is 20.4 Å². The van der Waals surface area contributed by atoms with Gasteiger partial charge in [-0.15, -0.1) is 0 Å². The van der Waals surface area contributed by atoms with E-state index in [1.165, 1.54) is 0 Å². The second kappa shape index (κ2) is 12.2. The van der Waals surface area contributed by atoms with Crippen LogP contribution >= 0.6 is 11.8 Å². The number of fused-ring (bicyclic) bond motifs is 1. The summed E-state index contributed by atoms with van der Waals surface area (Å²) in [7, 11) is 3.84.